The Morgan fingerprint density at radius 3 is 1.72 bits per heavy atom. The number of amides is 2. The zero-order valence-electron chi connectivity index (χ0n) is 13.5. The Labute approximate surface area is 144 Å². The number of nitrogen functional groups attached to an aromatic ring is 1. The number of nitrogens with one attached hydrogen (secondary N) is 3. The second-order valence-corrected chi connectivity index (χ2v) is 5.41. The molecule has 0 aliphatic carbocycles. The van der Waals surface area contributed by atoms with E-state index >= 15 is 0 Å². The number of carbonyl (C=O) groups excluding carboxylic acids is 2. The molecule has 0 heterocycles. The lowest BCUT2D eigenvalue weighted by Gasteiger charge is -2.09. The molecule has 0 aliphatic rings. The molecule has 2 amide bonds. The Bertz CT molecular complexity index is 769. The summed E-state index contributed by atoms with van der Waals surface area (Å²) in [5.41, 5.74) is 18.8. The summed E-state index contributed by atoms with van der Waals surface area (Å²) in [6, 6.07) is 13.2. The predicted octanol–water partition coefficient (Wildman–Crippen LogP) is 0.854. The second-order valence-electron chi connectivity index (χ2n) is 5.41. The molecule has 0 radical (unpaired) electrons. The second kappa shape index (κ2) is 8.04. The normalized spacial score (nSPS) is 10.4. The molecule has 0 atom stereocenters. The maximum absolute atomic E-state index is 11.9. The van der Waals surface area contributed by atoms with Gasteiger partial charge in [0.05, 0.1) is 6.17 Å². The van der Waals surface area contributed by atoms with Crippen LogP contribution in [0.25, 0.3) is 0 Å². The van der Waals surface area contributed by atoms with Gasteiger partial charge in [-0.1, -0.05) is 12.1 Å². The molecule has 25 heavy (non-hydrogen) atoms. The number of hydrogen-bond donors (Lipinski definition) is 6. The maximum Gasteiger partial charge on any atom is 0.233 e. The van der Waals surface area contributed by atoms with Gasteiger partial charge < -0.3 is 27.8 Å². The first-order valence-corrected chi connectivity index (χ1v) is 7.50. The van der Waals surface area contributed by atoms with E-state index in [1.807, 2.05) is 0 Å². The van der Waals surface area contributed by atoms with E-state index in [1.54, 1.807) is 48.5 Å². The fourth-order valence-electron chi connectivity index (χ4n) is 2.08. The summed E-state index contributed by atoms with van der Waals surface area (Å²) >= 11 is 0. The highest BCUT2D eigenvalue weighted by Gasteiger charge is 2.10. The van der Waals surface area contributed by atoms with Gasteiger partial charge >= 0.3 is 0 Å². The molecule has 8 heteroatoms. The van der Waals surface area contributed by atoms with Gasteiger partial charge in [-0.15, -0.1) is 0 Å². The fraction of sp³-hybridized carbons (Fsp3) is 0.118. The minimum Gasteiger partial charge on any atom is -0.384 e. The highest BCUT2D eigenvalue weighted by Crippen LogP contribution is 2.13. The molecule has 8 nitrogen and oxygen atoms in total. The van der Waals surface area contributed by atoms with Crippen LogP contribution in [-0.4, -0.2) is 17.6 Å². The van der Waals surface area contributed by atoms with Gasteiger partial charge in [-0.05, 0) is 42.0 Å². The molecular formula is C17H20N6O2. The first-order valence-electron chi connectivity index (χ1n) is 7.50. The topological polar surface area (TPSA) is 160 Å². The van der Waals surface area contributed by atoms with Gasteiger partial charge in [-0.3, -0.25) is 15.0 Å². The van der Waals surface area contributed by atoms with Crippen molar-refractivity contribution in [3.05, 3.63) is 59.7 Å². The van der Waals surface area contributed by atoms with Gasteiger partial charge in [0.25, 0.3) is 0 Å². The Kier molecular flexibility index (Phi) is 5.83. The third kappa shape index (κ3) is 5.41. The SMILES string of the molecule is N=C(N)c1ccc(NC(=O)CC(=O)Nc2ccc(C(N)N)cc2)cc1. The number of amidine groups is 1. The Morgan fingerprint density at radius 1 is 0.880 bits per heavy atom. The predicted molar refractivity (Wildman–Crippen MR) is 96.9 cm³/mol. The van der Waals surface area contributed by atoms with Crippen LogP contribution in [-0.2, 0) is 9.59 Å². The molecule has 0 spiro atoms. The van der Waals surface area contributed by atoms with Crippen LogP contribution in [0.4, 0.5) is 11.4 Å². The molecule has 2 rings (SSSR count). The molecule has 9 N–H and O–H groups in total. The number of nitrogens with two attached hydrogens (primary N) is 3. The number of hydrogen-bond acceptors (Lipinski definition) is 5. The van der Waals surface area contributed by atoms with Crippen LogP contribution in [0, 0.1) is 5.41 Å². The summed E-state index contributed by atoms with van der Waals surface area (Å²) in [5.74, 6) is -0.949. The van der Waals surface area contributed by atoms with Crippen molar-refractivity contribution in [3.63, 3.8) is 0 Å². The summed E-state index contributed by atoms with van der Waals surface area (Å²) in [4.78, 5) is 23.8. The van der Waals surface area contributed by atoms with Crippen molar-refractivity contribution in [2.75, 3.05) is 10.6 Å². The van der Waals surface area contributed by atoms with Crippen LogP contribution in [0.15, 0.2) is 48.5 Å². The number of rotatable bonds is 6. The third-order valence-corrected chi connectivity index (χ3v) is 3.38. The molecule has 130 valence electrons. The Balaban J connectivity index is 1.87. The minimum absolute atomic E-state index is 0.0566. The van der Waals surface area contributed by atoms with E-state index in [1.165, 1.54) is 0 Å². The van der Waals surface area contributed by atoms with E-state index < -0.39 is 18.0 Å². The molecule has 0 bridgehead atoms. The Morgan fingerprint density at radius 2 is 1.32 bits per heavy atom. The number of carbonyl (C=O) groups is 2. The van der Waals surface area contributed by atoms with Gasteiger partial charge in [0.1, 0.15) is 12.3 Å². The summed E-state index contributed by atoms with van der Waals surface area (Å²) in [7, 11) is 0. The van der Waals surface area contributed by atoms with Gasteiger partial charge in [0.2, 0.25) is 11.8 Å². The summed E-state index contributed by atoms with van der Waals surface area (Å²) in [5, 5.41) is 12.5. The third-order valence-electron chi connectivity index (χ3n) is 3.38. The highest BCUT2D eigenvalue weighted by molar-refractivity contribution is 6.08. The van der Waals surface area contributed by atoms with Gasteiger partial charge in [-0.2, -0.15) is 0 Å². The van der Waals surface area contributed by atoms with Crippen LogP contribution in [0.2, 0.25) is 0 Å². The van der Waals surface area contributed by atoms with Crippen LogP contribution >= 0.6 is 0 Å². The molecule has 0 fully saturated rings. The van der Waals surface area contributed by atoms with E-state index in [0.29, 0.717) is 16.9 Å². The summed E-state index contributed by atoms with van der Waals surface area (Å²) < 4.78 is 0. The largest absolute Gasteiger partial charge is 0.384 e. The van der Waals surface area contributed by atoms with E-state index in [0.717, 1.165) is 5.56 Å². The lowest BCUT2D eigenvalue weighted by molar-refractivity contribution is -0.123. The molecule has 0 aliphatic heterocycles. The average molecular weight is 340 g/mol. The van der Waals surface area contributed by atoms with Crippen LogP contribution in [0.1, 0.15) is 23.7 Å². The molecule has 0 saturated heterocycles. The number of benzene rings is 2. The summed E-state index contributed by atoms with van der Waals surface area (Å²) in [6.07, 6.45) is -0.906. The van der Waals surface area contributed by atoms with Crippen molar-refractivity contribution >= 4 is 29.0 Å². The molecule has 0 unspecified atom stereocenters. The molecule has 2 aromatic rings. The zero-order chi connectivity index (χ0) is 18.4. The monoisotopic (exact) mass is 340 g/mol. The van der Waals surface area contributed by atoms with E-state index in [4.69, 9.17) is 22.6 Å². The van der Waals surface area contributed by atoms with E-state index in [9.17, 15) is 9.59 Å². The average Bonchev–Trinajstić information content (AvgIpc) is 2.55. The number of anilines is 2. The first-order chi connectivity index (χ1) is 11.8. The molecule has 2 aromatic carbocycles. The molecular weight excluding hydrogens is 320 g/mol. The highest BCUT2D eigenvalue weighted by atomic mass is 16.2. The van der Waals surface area contributed by atoms with E-state index in [2.05, 4.69) is 10.6 Å². The van der Waals surface area contributed by atoms with E-state index in [-0.39, 0.29) is 12.3 Å². The van der Waals surface area contributed by atoms with Crippen molar-refractivity contribution in [3.8, 4) is 0 Å². The smallest absolute Gasteiger partial charge is 0.233 e. The quantitative estimate of drug-likeness (QED) is 0.199. The van der Waals surface area contributed by atoms with Gasteiger partial charge in [-0.25, -0.2) is 0 Å². The lowest BCUT2D eigenvalue weighted by Crippen LogP contribution is -2.22. The van der Waals surface area contributed by atoms with Crippen molar-refractivity contribution in [2.24, 2.45) is 17.2 Å². The first kappa shape index (κ1) is 18.1. The Hall–Kier alpha value is -3.23. The minimum atomic E-state index is -0.579. The maximum atomic E-state index is 11.9. The van der Waals surface area contributed by atoms with Crippen molar-refractivity contribution in [1.82, 2.24) is 0 Å². The van der Waals surface area contributed by atoms with Crippen LogP contribution in [0.3, 0.4) is 0 Å². The zero-order valence-corrected chi connectivity index (χ0v) is 13.5. The summed E-state index contributed by atoms with van der Waals surface area (Å²) in [6.45, 7) is 0. The molecule has 0 aromatic heterocycles. The van der Waals surface area contributed by atoms with Crippen LogP contribution < -0.4 is 27.8 Å². The van der Waals surface area contributed by atoms with Gasteiger partial charge in [0.15, 0.2) is 0 Å². The van der Waals surface area contributed by atoms with Crippen LogP contribution in [0.5, 0.6) is 0 Å². The standard InChI is InChI=1S/C17H20N6O2/c18-16(19)10-1-5-12(6-2-10)22-14(24)9-15(25)23-13-7-3-11(4-8-13)17(20)21/h1-8,16H,9,18-19H2,(H3,20,21)(H,22,24)(H,23,25). The van der Waals surface area contributed by atoms with Crippen molar-refractivity contribution < 1.29 is 9.59 Å². The lowest BCUT2D eigenvalue weighted by atomic mass is 10.1. The van der Waals surface area contributed by atoms with Crippen molar-refractivity contribution in [1.29, 1.82) is 5.41 Å². The molecule has 0 saturated carbocycles. The van der Waals surface area contributed by atoms with Crippen molar-refractivity contribution in [2.45, 2.75) is 12.6 Å². The fourth-order valence-corrected chi connectivity index (χ4v) is 2.08. The van der Waals surface area contributed by atoms with Gasteiger partial charge in [0, 0.05) is 16.9 Å².